The van der Waals surface area contributed by atoms with Crippen molar-refractivity contribution >= 4 is 68.0 Å². The van der Waals surface area contributed by atoms with Gasteiger partial charge in [-0.15, -0.1) is 0 Å². The molecule has 4 atom stereocenters. The van der Waals surface area contributed by atoms with Crippen molar-refractivity contribution in [3.05, 3.63) is 138 Å². The Bertz CT molecular complexity index is 2700. The predicted octanol–water partition coefficient (Wildman–Crippen LogP) is 12.6. The van der Waals surface area contributed by atoms with Crippen LogP contribution in [0.25, 0.3) is 0 Å². The van der Waals surface area contributed by atoms with Crippen molar-refractivity contribution in [2.45, 2.75) is 133 Å². The molecule has 5 aromatic rings. The quantitative estimate of drug-likeness (QED) is 0.0131. The number of ketones is 3. The molecule has 81 heavy (non-hydrogen) atoms. The van der Waals surface area contributed by atoms with Gasteiger partial charge in [0.05, 0.1) is 37.4 Å². The molecule has 0 heterocycles. The second-order valence-electron chi connectivity index (χ2n) is 20.1. The van der Waals surface area contributed by atoms with Crippen LogP contribution in [0, 0.1) is 37.5 Å². The van der Waals surface area contributed by atoms with Crippen LogP contribution in [0.5, 0.6) is 23.0 Å². The normalized spacial score (nSPS) is 12.3. The van der Waals surface area contributed by atoms with Crippen LogP contribution in [-0.2, 0) is 28.7 Å². The molecule has 4 unspecified atom stereocenters. The fraction of sp³-hybridized carbons (Fsp3) is 0.438. The zero-order valence-corrected chi connectivity index (χ0v) is 51.5. The zero-order valence-electron chi connectivity index (χ0n) is 49.9. The molecule has 0 saturated carbocycles. The lowest BCUT2D eigenvalue weighted by Crippen LogP contribution is -2.38. The second-order valence-corrected chi connectivity index (χ2v) is 21.1. The number of Topliss-reactive ketones (excluding diaryl/α,β-unsaturated/α-hetero) is 3. The van der Waals surface area contributed by atoms with E-state index in [1.54, 1.807) is 33.8 Å². The summed E-state index contributed by atoms with van der Waals surface area (Å²) >= 11 is 3.23. The molecule has 0 aliphatic rings. The summed E-state index contributed by atoms with van der Waals surface area (Å²) in [6.45, 7) is 27.4. The monoisotopic (exact) mass is 1180 g/mol. The van der Waals surface area contributed by atoms with Crippen LogP contribution < -0.4 is 21.7 Å². The molecule has 0 bridgehead atoms. The van der Waals surface area contributed by atoms with Gasteiger partial charge in [0.1, 0.15) is 40.4 Å². The lowest BCUT2D eigenvalue weighted by atomic mass is 9.99. The van der Waals surface area contributed by atoms with Gasteiger partial charge in [-0.05, 0) is 118 Å². The van der Waals surface area contributed by atoms with Crippen LogP contribution >= 0.6 is 15.9 Å². The molecular formula is C64H90BrN5O11. The number of para-hydroxylation sites is 3. The number of carbonyl (C=O) groups is 5. The van der Waals surface area contributed by atoms with Gasteiger partial charge in [0.25, 0.3) is 0 Å². The number of hydrogen-bond donors (Lipinski definition) is 8. The fourth-order valence-corrected chi connectivity index (χ4v) is 7.55. The van der Waals surface area contributed by atoms with E-state index >= 15 is 0 Å². The number of phenols is 4. The average molecular weight is 1190 g/mol. The number of rotatable bonds is 23. The van der Waals surface area contributed by atoms with Crippen LogP contribution in [-0.4, -0.2) is 105 Å². The lowest BCUT2D eigenvalue weighted by Gasteiger charge is -2.22. The molecule has 0 fully saturated rings. The summed E-state index contributed by atoms with van der Waals surface area (Å²) in [5.74, 6) is 0.322. The van der Waals surface area contributed by atoms with E-state index in [0.29, 0.717) is 54.4 Å². The highest BCUT2D eigenvalue weighted by molar-refractivity contribution is 9.10. The van der Waals surface area contributed by atoms with Gasteiger partial charge >= 0.3 is 11.9 Å². The molecule has 0 amide bonds. The van der Waals surface area contributed by atoms with E-state index in [0.717, 1.165) is 17.1 Å². The van der Waals surface area contributed by atoms with E-state index in [2.05, 4.69) is 36.9 Å². The fourth-order valence-electron chi connectivity index (χ4n) is 7.42. The van der Waals surface area contributed by atoms with Crippen molar-refractivity contribution in [3.63, 3.8) is 0 Å². The number of nitrogens with zero attached hydrogens (tertiary/aromatic N) is 1. The van der Waals surface area contributed by atoms with Gasteiger partial charge in [0.15, 0.2) is 17.3 Å². The van der Waals surface area contributed by atoms with E-state index in [1.165, 1.54) is 18.2 Å². The Hall–Kier alpha value is -7.24. The standard InChI is InChI=1S/C22H28N2O3.C13H19NO2.C12H18N2O.C10H12O3.C7H13BrO2/c1-5-18(17-11-12-19(25)15(4)22(17)27)23-13-20(26)21(14(2)3)24-16-9-7-6-8-10-16;1-4-16-13(15)12(10(2)3)14-11-8-6-5-7-9-11;1-9(2)12(11(15)8-13)14-10-6-4-3-5-7-10;1-3-8(11)7-4-5-9(12)6(2)10(7)13;1-4-10-7(9)6(8)5(2)3/h6-12,14,21,24-25,27H,5,13H2,1-4H3;5-10,12,14H,4H2,1-3H3;3-7,9,12,14H,8,13H2,1-2H3;4-5,12-13H,3H2,1-2H3;5-6H,4H2,1-3H3. The summed E-state index contributed by atoms with van der Waals surface area (Å²) in [5.41, 5.74) is 10.4. The average Bonchev–Trinajstić information content (AvgIpc) is 3.48. The van der Waals surface area contributed by atoms with Crippen molar-refractivity contribution in [1.82, 2.24) is 0 Å². The zero-order chi connectivity index (χ0) is 61.4. The van der Waals surface area contributed by atoms with E-state index in [4.69, 9.17) is 15.2 Å². The summed E-state index contributed by atoms with van der Waals surface area (Å²) in [5, 5.41) is 48.4. The molecule has 0 aliphatic heterocycles. The number of nitrogens with one attached hydrogen (secondary N) is 3. The minimum absolute atomic E-state index is 0.00477. The molecule has 0 aliphatic carbocycles. The Labute approximate surface area is 489 Å². The summed E-state index contributed by atoms with van der Waals surface area (Å²) in [4.78, 5) is 62.5. The Morgan fingerprint density at radius 2 is 0.877 bits per heavy atom. The molecule has 0 saturated heterocycles. The minimum atomic E-state index is -0.343. The summed E-state index contributed by atoms with van der Waals surface area (Å²) in [6.07, 6.45) is 0.918. The van der Waals surface area contributed by atoms with Gasteiger partial charge < -0.3 is 51.6 Å². The lowest BCUT2D eigenvalue weighted by molar-refractivity contribution is -0.145. The molecule has 0 spiro atoms. The van der Waals surface area contributed by atoms with E-state index < -0.39 is 0 Å². The largest absolute Gasteiger partial charge is 0.508 e. The van der Waals surface area contributed by atoms with Gasteiger partial charge in [-0.3, -0.25) is 24.2 Å². The number of nitrogens with two attached hydrogens (primary N) is 1. The number of alkyl halides is 1. The molecule has 16 nitrogen and oxygen atoms in total. The number of halogens is 1. The highest BCUT2D eigenvalue weighted by Gasteiger charge is 2.25. The number of phenolic OH excluding ortho intramolecular Hbond substituents is 4. The Morgan fingerprint density at radius 1 is 0.506 bits per heavy atom. The number of carbonyl (C=O) groups excluding carboxylic acids is 5. The molecule has 0 radical (unpaired) electrons. The SMILES string of the molecule is CC(C)C(Nc1ccccc1)C(=O)CN.CCC(=NCC(=O)C(Nc1ccccc1)C(C)C)c1ccc(O)c(C)c1O.CCC(=O)c1ccc(O)c(C)c1O.CCOC(=O)C(Br)C(C)C.CCOC(=O)C(Nc1ccccc1)C(C)C. The van der Waals surface area contributed by atoms with Crippen molar-refractivity contribution in [2.75, 3.05) is 42.3 Å². The van der Waals surface area contributed by atoms with E-state index in [1.807, 2.05) is 160 Å². The van der Waals surface area contributed by atoms with Crippen LogP contribution in [0.3, 0.4) is 0 Å². The van der Waals surface area contributed by atoms with Crippen molar-refractivity contribution in [2.24, 2.45) is 34.4 Å². The first kappa shape index (κ1) is 71.8. The highest BCUT2D eigenvalue weighted by Crippen LogP contribution is 2.31. The van der Waals surface area contributed by atoms with Gasteiger partial charge in [-0.1, -0.05) is 140 Å². The molecule has 5 rings (SSSR count). The first-order valence-corrected chi connectivity index (χ1v) is 28.5. The van der Waals surface area contributed by atoms with Gasteiger partial charge in [-0.2, -0.15) is 0 Å². The summed E-state index contributed by atoms with van der Waals surface area (Å²) < 4.78 is 9.82. The number of aliphatic imine (C=N–C) groups is 1. The van der Waals surface area contributed by atoms with Gasteiger partial charge in [0.2, 0.25) is 0 Å². The first-order chi connectivity index (χ1) is 38.3. The van der Waals surface area contributed by atoms with Crippen LogP contribution in [0.15, 0.2) is 120 Å². The molecule has 0 aromatic heterocycles. The molecule has 17 heteroatoms. The molecular weight excluding hydrogens is 1090 g/mol. The van der Waals surface area contributed by atoms with Gasteiger partial charge in [-0.25, -0.2) is 4.79 Å². The van der Waals surface area contributed by atoms with Crippen molar-refractivity contribution in [1.29, 1.82) is 0 Å². The maximum atomic E-state index is 12.8. The summed E-state index contributed by atoms with van der Waals surface area (Å²) in [7, 11) is 0. The Kier molecular flexibility index (Phi) is 34.0. The number of esters is 2. The smallest absolute Gasteiger partial charge is 0.328 e. The molecule has 5 aromatic carbocycles. The van der Waals surface area contributed by atoms with Crippen LogP contribution in [0.2, 0.25) is 0 Å². The van der Waals surface area contributed by atoms with Crippen molar-refractivity contribution < 1.29 is 53.9 Å². The van der Waals surface area contributed by atoms with Crippen LogP contribution in [0.1, 0.15) is 123 Å². The number of aromatic hydroxyl groups is 4. The molecule has 444 valence electrons. The number of ether oxygens (including phenoxy) is 2. The number of benzene rings is 5. The number of anilines is 3. The molecule has 9 N–H and O–H groups in total. The highest BCUT2D eigenvalue weighted by atomic mass is 79.9. The second kappa shape index (κ2) is 38.4. The Morgan fingerprint density at radius 3 is 1.23 bits per heavy atom. The maximum absolute atomic E-state index is 12.8. The first-order valence-electron chi connectivity index (χ1n) is 27.6. The third kappa shape index (κ3) is 25.4. The van der Waals surface area contributed by atoms with E-state index in [9.17, 15) is 44.4 Å². The third-order valence-corrected chi connectivity index (χ3v) is 13.7. The van der Waals surface area contributed by atoms with Crippen LogP contribution in [0.4, 0.5) is 17.1 Å². The summed E-state index contributed by atoms with van der Waals surface area (Å²) in [6, 6.07) is 34.2. The van der Waals surface area contributed by atoms with Crippen molar-refractivity contribution in [3.8, 4) is 23.0 Å². The van der Waals surface area contributed by atoms with E-state index in [-0.39, 0.29) is 112 Å². The topological polar surface area (TPSA) is 259 Å². The number of hydrogen-bond acceptors (Lipinski definition) is 16. The van der Waals surface area contributed by atoms with Gasteiger partial charge in [0, 0.05) is 45.9 Å². The predicted molar refractivity (Wildman–Crippen MR) is 331 cm³/mol. The minimum Gasteiger partial charge on any atom is -0.508 e. The Balaban J connectivity index is 0.000000531. The third-order valence-electron chi connectivity index (χ3n) is 12.3. The maximum Gasteiger partial charge on any atom is 0.328 e.